The van der Waals surface area contributed by atoms with E-state index < -0.39 is 0 Å². The second kappa shape index (κ2) is 20.0. The normalized spacial score (nSPS) is 12.9. The van der Waals surface area contributed by atoms with Crippen molar-refractivity contribution in [3.8, 4) is 61.8 Å². The summed E-state index contributed by atoms with van der Waals surface area (Å²) in [6.07, 6.45) is 1.94. The Morgan fingerprint density at radius 3 is 1.60 bits per heavy atom. The van der Waals surface area contributed by atoms with E-state index in [1.54, 1.807) is 0 Å². The van der Waals surface area contributed by atoms with Crippen molar-refractivity contribution in [2.24, 2.45) is 0 Å². The van der Waals surface area contributed by atoms with E-state index in [-0.39, 0.29) is 21.7 Å². The first-order valence-corrected chi connectivity index (χ1v) is 28.5. The summed E-state index contributed by atoms with van der Waals surface area (Å²) in [5.74, 6) is 2.32. The topological polar surface area (TPSA) is 33.1 Å². The van der Waals surface area contributed by atoms with Gasteiger partial charge in [-0.3, -0.25) is 4.57 Å². The first-order valence-electron chi connectivity index (χ1n) is 28.5. The largest absolute Gasteiger partial charge is 0.503 e. The molecule has 5 heteroatoms. The molecule has 0 fully saturated rings. The number of fused-ring (bicyclic) bond motifs is 4. The summed E-state index contributed by atoms with van der Waals surface area (Å²) in [6.45, 7) is 27.4. The molecular formula is C76H72N4O+2. The highest BCUT2D eigenvalue weighted by Gasteiger charge is 2.41. The van der Waals surface area contributed by atoms with Gasteiger partial charge in [-0.1, -0.05) is 210 Å². The summed E-state index contributed by atoms with van der Waals surface area (Å²) >= 11 is 0. The van der Waals surface area contributed by atoms with Crippen molar-refractivity contribution in [2.75, 3.05) is 0 Å². The predicted molar refractivity (Wildman–Crippen MR) is 342 cm³/mol. The van der Waals surface area contributed by atoms with Gasteiger partial charge < -0.3 is 4.74 Å². The molecular weight excluding hydrogens is 985 g/mol. The molecule has 0 spiro atoms. The fourth-order valence-electron chi connectivity index (χ4n) is 11.4. The Bertz CT molecular complexity index is 4220. The summed E-state index contributed by atoms with van der Waals surface area (Å²) in [5, 5.41) is 2.29. The van der Waals surface area contributed by atoms with Gasteiger partial charge >= 0.3 is 11.7 Å². The van der Waals surface area contributed by atoms with Crippen LogP contribution in [0.2, 0.25) is 0 Å². The third-order valence-electron chi connectivity index (χ3n) is 16.0. The minimum Gasteiger partial charge on any atom is -0.457 e. The van der Waals surface area contributed by atoms with Crippen molar-refractivity contribution in [3.63, 3.8) is 0 Å². The van der Waals surface area contributed by atoms with Gasteiger partial charge in [0.1, 0.15) is 17.3 Å². The molecule has 3 heterocycles. The minimum atomic E-state index is -0.101. The van der Waals surface area contributed by atoms with Crippen LogP contribution >= 0.6 is 0 Å². The average Bonchev–Trinajstić information content (AvgIpc) is 3.92. The summed E-state index contributed by atoms with van der Waals surface area (Å²) in [7, 11) is 0. The maximum atomic E-state index is 7.02. The van der Waals surface area contributed by atoms with Crippen molar-refractivity contribution in [3.05, 3.63) is 241 Å². The Morgan fingerprint density at radius 1 is 0.383 bits per heavy atom. The molecule has 2 aromatic heterocycles. The molecule has 0 N–H and O–H groups in total. The number of benzene rings is 9. The molecule has 5 nitrogen and oxygen atoms in total. The monoisotopic (exact) mass is 1060 g/mol. The Labute approximate surface area is 478 Å². The molecule has 1 aliphatic rings. The van der Waals surface area contributed by atoms with Crippen molar-refractivity contribution < 1.29 is 4.74 Å². The summed E-state index contributed by atoms with van der Waals surface area (Å²) in [5.41, 5.74) is 20.3. The second-order valence-electron chi connectivity index (χ2n) is 26.0. The number of ether oxygens (including phenoxy) is 1. The lowest BCUT2D eigenvalue weighted by Crippen LogP contribution is -2.17. The van der Waals surface area contributed by atoms with Crippen LogP contribution in [-0.4, -0.2) is 15.6 Å². The van der Waals surface area contributed by atoms with E-state index in [4.69, 9.17) is 9.72 Å². The van der Waals surface area contributed by atoms with Gasteiger partial charge in [0.05, 0.1) is 22.7 Å². The number of nitrogens with zero attached hydrogens (tertiary/aromatic N) is 4. The van der Waals surface area contributed by atoms with Gasteiger partial charge in [-0.25, -0.2) is 4.98 Å². The third kappa shape index (κ3) is 10.1. The van der Waals surface area contributed by atoms with Crippen LogP contribution < -0.4 is 13.9 Å². The highest BCUT2D eigenvalue weighted by Crippen LogP contribution is 2.50. The Hall–Kier alpha value is -8.89. The zero-order chi connectivity index (χ0) is 56.6. The minimum absolute atomic E-state index is 0.0348. The molecule has 0 bridgehead atoms. The average molecular weight is 1060 g/mol. The molecule has 0 aliphatic carbocycles. The fraction of sp³-hybridized carbons (Fsp3) is 0.211. The number of hydrogen-bond acceptors (Lipinski definition) is 2. The summed E-state index contributed by atoms with van der Waals surface area (Å²) in [6, 6.07) is 81.2. The lowest BCUT2D eigenvalue weighted by Gasteiger charge is -2.24. The molecule has 9 aromatic carbocycles. The predicted octanol–water partition coefficient (Wildman–Crippen LogP) is 20.7. The number of rotatable bonds is 9. The number of pyridine rings is 1. The van der Waals surface area contributed by atoms with Gasteiger partial charge in [0.15, 0.2) is 0 Å². The number of aromatic nitrogens is 2. The first kappa shape index (κ1) is 52.8. The molecule has 0 unspecified atom stereocenters. The maximum Gasteiger partial charge on any atom is 0.503 e. The zero-order valence-electron chi connectivity index (χ0n) is 49.0. The fourth-order valence-corrected chi connectivity index (χ4v) is 11.4. The van der Waals surface area contributed by atoms with E-state index in [9.17, 15) is 0 Å². The van der Waals surface area contributed by atoms with Gasteiger partial charge in [-0.15, -0.1) is 0 Å². The molecule has 1 aliphatic heterocycles. The van der Waals surface area contributed by atoms with Crippen LogP contribution in [0.5, 0.6) is 11.5 Å². The lowest BCUT2D eigenvalue weighted by molar-refractivity contribution is 0.483. The van der Waals surface area contributed by atoms with Gasteiger partial charge in [-0.2, -0.15) is 0 Å². The highest BCUT2D eigenvalue weighted by atomic mass is 16.5. The van der Waals surface area contributed by atoms with Crippen LogP contribution in [0.3, 0.4) is 0 Å². The van der Waals surface area contributed by atoms with E-state index in [2.05, 4.69) is 309 Å². The number of para-hydroxylation sites is 1. The van der Waals surface area contributed by atoms with Crippen LogP contribution in [0.15, 0.2) is 219 Å². The van der Waals surface area contributed by atoms with Crippen LogP contribution in [-0.2, 0) is 21.7 Å². The van der Waals surface area contributed by atoms with Crippen molar-refractivity contribution in [2.45, 2.75) is 105 Å². The van der Waals surface area contributed by atoms with E-state index in [1.807, 2.05) is 12.3 Å². The summed E-state index contributed by atoms with van der Waals surface area (Å²) < 4.78 is 13.8. The third-order valence-corrected chi connectivity index (χ3v) is 16.0. The van der Waals surface area contributed by atoms with Crippen LogP contribution in [0.1, 0.15) is 105 Å². The second-order valence-corrected chi connectivity index (χ2v) is 26.0. The standard InChI is InChI=1S/C76H72N4O/c1-73(2,3)54-28-19-27-52(41-54)53-35-38-67-66(42-53)64-37-36-61(48-69(64)80(67)70-46-55(39-40-77-70)74(4,5)6)81-60-30-20-29-58(47-60)78-49-79(59-44-56(75(7,8)9)43-57(45-59)76(10,11)12)72-65(33-22-34-68(72)78)71-62(50-23-15-13-16-24-50)31-21-32-63(71)51-25-17-14-18-26-51/h13-48H,1-12H3/q+2. The van der Waals surface area contributed by atoms with Crippen LogP contribution in [0.4, 0.5) is 22.7 Å². The number of hydrogen-bond donors (Lipinski definition) is 0. The van der Waals surface area contributed by atoms with E-state index in [0.717, 1.165) is 83.9 Å². The van der Waals surface area contributed by atoms with E-state index in [0.29, 0.717) is 5.75 Å². The molecule has 11 aromatic rings. The highest BCUT2D eigenvalue weighted by molar-refractivity contribution is 6.11. The van der Waals surface area contributed by atoms with Gasteiger partial charge in [0.25, 0.3) is 5.69 Å². The van der Waals surface area contributed by atoms with Crippen molar-refractivity contribution in [1.29, 1.82) is 0 Å². The molecule has 400 valence electrons. The van der Waals surface area contributed by atoms with E-state index in [1.165, 1.54) is 38.9 Å². The molecule has 0 saturated carbocycles. The smallest absolute Gasteiger partial charge is 0.457 e. The SMILES string of the molecule is CC(C)(C)c1cccc(-c2ccc3c(c2)c2ccc(Oc4cccc([N+]5=C=[N+](c6cc(C(C)(C)C)cc(C(C)(C)C)c6)c6c(-c7c(-c8ccccc8)cccc7-c7ccccc7)cccc65)c4)cc2n3-c2cc(C(C)(C)C)ccn2)c1. The molecule has 0 atom stereocenters. The van der Waals surface area contributed by atoms with Gasteiger partial charge in [-0.05, 0) is 135 Å². The Kier molecular flexibility index (Phi) is 13.1. The molecule has 81 heavy (non-hydrogen) atoms. The Balaban J connectivity index is 1.03. The van der Waals surface area contributed by atoms with Crippen LogP contribution in [0.25, 0.3) is 72.1 Å². The van der Waals surface area contributed by atoms with Gasteiger partial charge in [0, 0.05) is 52.9 Å². The Morgan fingerprint density at radius 2 is 0.951 bits per heavy atom. The first-order chi connectivity index (χ1) is 38.7. The molecule has 12 rings (SSSR count). The van der Waals surface area contributed by atoms with E-state index >= 15 is 0 Å². The quantitative estimate of drug-likeness (QED) is 0.135. The molecule has 0 radical (unpaired) electrons. The van der Waals surface area contributed by atoms with Crippen molar-refractivity contribution >= 4 is 50.6 Å². The van der Waals surface area contributed by atoms with Gasteiger partial charge in [0.2, 0.25) is 11.4 Å². The molecule has 0 saturated heterocycles. The lowest BCUT2D eigenvalue weighted by atomic mass is 9.80. The van der Waals surface area contributed by atoms with Crippen LogP contribution in [0, 0.1) is 0 Å². The zero-order valence-corrected chi connectivity index (χ0v) is 49.0. The summed E-state index contributed by atoms with van der Waals surface area (Å²) in [4.78, 5) is 5.04. The molecule has 0 amide bonds. The van der Waals surface area contributed by atoms with Crippen molar-refractivity contribution in [1.82, 2.24) is 18.7 Å². The maximum absolute atomic E-state index is 7.02.